The lowest BCUT2D eigenvalue weighted by molar-refractivity contribution is -0.127. The van der Waals surface area contributed by atoms with E-state index < -0.39 is 0 Å². The second-order valence-electron chi connectivity index (χ2n) is 4.63. The number of morpholine rings is 1. The van der Waals surface area contributed by atoms with Crippen molar-refractivity contribution in [2.24, 2.45) is 0 Å². The van der Waals surface area contributed by atoms with E-state index in [4.69, 9.17) is 16.3 Å². The predicted molar refractivity (Wildman–Crippen MR) is 75.2 cm³/mol. The van der Waals surface area contributed by atoms with Crippen molar-refractivity contribution >= 4 is 17.5 Å². The minimum atomic E-state index is -0.133. The monoisotopic (exact) mass is 282 g/mol. The maximum absolute atomic E-state index is 12.1. The number of nitrogens with zero attached hydrogens (tertiary/aromatic N) is 1. The summed E-state index contributed by atoms with van der Waals surface area (Å²) in [6.07, 6.45) is 0. The largest absolute Gasteiger partial charge is 0.379 e. The molecule has 1 aromatic rings. The Bertz CT molecular complexity index is 433. The first-order valence-corrected chi connectivity index (χ1v) is 6.89. The zero-order valence-electron chi connectivity index (χ0n) is 11.1. The van der Waals surface area contributed by atoms with E-state index in [1.165, 1.54) is 0 Å². The molecule has 5 heteroatoms. The van der Waals surface area contributed by atoms with Gasteiger partial charge in [0.05, 0.1) is 19.3 Å². The number of hydrogen-bond acceptors (Lipinski definition) is 3. The molecule has 104 valence electrons. The Kier molecular flexibility index (Phi) is 5.19. The van der Waals surface area contributed by atoms with Gasteiger partial charge in [-0.3, -0.25) is 9.69 Å². The van der Waals surface area contributed by atoms with E-state index in [2.05, 4.69) is 10.2 Å². The molecule has 19 heavy (non-hydrogen) atoms. The van der Waals surface area contributed by atoms with Gasteiger partial charge in [0.2, 0.25) is 5.91 Å². The number of benzene rings is 1. The number of amides is 1. The number of rotatable bonds is 4. The van der Waals surface area contributed by atoms with Crippen LogP contribution in [0.15, 0.2) is 24.3 Å². The molecule has 1 saturated heterocycles. The molecule has 1 aliphatic heterocycles. The average molecular weight is 283 g/mol. The SMILES string of the molecule is C[C@H](C(=O)NCc1ccccc1Cl)N1CCOCC1. The van der Waals surface area contributed by atoms with Crippen molar-refractivity contribution in [3.8, 4) is 0 Å². The van der Waals surface area contributed by atoms with Gasteiger partial charge in [-0.25, -0.2) is 0 Å². The van der Waals surface area contributed by atoms with E-state index in [0.29, 0.717) is 24.8 Å². The molecule has 1 aromatic carbocycles. The number of ether oxygens (including phenoxy) is 1. The summed E-state index contributed by atoms with van der Waals surface area (Å²) in [6.45, 7) is 5.39. The van der Waals surface area contributed by atoms with Crippen molar-refractivity contribution in [2.45, 2.75) is 19.5 Å². The Labute approximate surface area is 118 Å². The van der Waals surface area contributed by atoms with E-state index in [-0.39, 0.29) is 11.9 Å². The number of nitrogens with one attached hydrogen (secondary N) is 1. The van der Waals surface area contributed by atoms with Gasteiger partial charge in [0.25, 0.3) is 0 Å². The summed E-state index contributed by atoms with van der Waals surface area (Å²) < 4.78 is 5.28. The molecule has 1 N–H and O–H groups in total. The van der Waals surface area contributed by atoms with Crippen LogP contribution >= 0.6 is 11.6 Å². The molecule has 1 fully saturated rings. The van der Waals surface area contributed by atoms with Crippen LogP contribution < -0.4 is 5.32 Å². The molecule has 0 radical (unpaired) electrons. The van der Waals surface area contributed by atoms with Gasteiger partial charge in [0.1, 0.15) is 0 Å². The fourth-order valence-electron chi connectivity index (χ4n) is 2.10. The third-order valence-electron chi connectivity index (χ3n) is 3.38. The maximum Gasteiger partial charge on any atom is 0.237 e. The van der Waals surface area contributed by atoms with Crippen molar-refractivity contribution < 1.29 is 9.53 Å². The summed E-state index contributed by atoms with van der Waals surface area (Å²) in [5.74, 6) is 0.0295. The standard InChI is InChI=1S/C14H19ClN2O2/c1-11(17-6-8-19-9-7-17)14(18)16-10-12-4-2-3-5-13(12)15/h2-5,11H,6-10H2,1H3,(H,16,18)/t11-/m1/s1. The Hall–Kier alpha value is -1.10. The van der Waals surface area contributed by atoms with Gasteiger partial charge in [0.15, 0.2) is 0 Å². The summed E-state index contributed by atoms with van der Waals surface area (Å²) in [4.78, 5) is 14.2. The molecular formula is C14H19ClN2O2. The third kappa shape index (κ3) is 3.93. The molecule has 0 aliphatic carbocycles. The van der Waals surface area contributed by atoms with Crippen molar-refractivity contribution in [1.82, 2.24) is 10.2 Å². The van der Waals surface area contributed by atoms with Crippen LogP contribution in [0.1, 0.15) is 12.5 Å². The number of carbonyl (C=O) groups excluding carboxylic acids is 1. The molecule has 1 heterocycles. The Morgan fingerprint density at radius 1 is 1.42 bits per heavy atom. The first kappa shape index (κ1) is 14.3. The predicted octanol–water partition coefficient (Wildman–Crippen LogP) is 1.68. The lowest BCUT2D eigenvalue weighted by atomic mass is 10.2. The molecule has 1 atom stereocenters. The van der Waals surface area contributed by atoms with Crippen molar-refractivity contribution in [3.63, 3.8) is 0 Å². The van der Waals surface area contributed by atoms with E-state index >= 15 is 0 Å². The van der Waals surface area contributed by atoms with Gasteiger partial charge < -0.3 is 10.1 Å². The van der Waals surface area contributed by atoms with Crippen LogP contribution in [0.4, 0.5) is 0 Å². The first-order chi connectivity index (χ1) is 9.18. The van der Waals surface area contributed by atoms with Crippen molar-refractivity contribution in [2.75, 3.05) is 26.3 Å². The van der Waals surface area contributed by atoms with Gasteiger partial charge in [-0.05, 0) is 18.6 Å². The zero-order valence-corrected chi connectivity index (χ0v) is 11.8. The van der Waals surface area contributed by atoms with Gasteiger partial charge >= 0.3 is 0 Å². The van der Waals surface area contributed by atoms with Crippen LogP contribution in [0, 0.1) is 0 Å². The van der Waals surface area contributed by atoms with Crippen LogP contribution in [0.25, 0.3) is 0 Å². The Morgan fingerprint density at radius 3 is 2.79 bits per heavy atom. The molecule has 1 aliphatic rings. The molecule has 0 bridgehead atoms. The van der Waals surface area contributed by atoms with E-state index in [9.17, 15) is 4.79 Å². The summed E-state index contributed by atoms with van der Waals surface area (Å²) in [5.41, 5.74) is 0.937. The smallest absolute Gasteiger partial charge is 0.237 e. The molecule has 0 unspecified atom stereocenters. The van der Waals surface area contributed by atoms with Crippen LogP contribution in [-0.2, 0) is 16.1 Å². The fourth-order valence-corrected chi connectivity index (χ4v) is 2.30. The highest BCUT2D eigenvalue weighted by Gasteiger charge is 2.22. The van der Waals surface area contributed by atoms with E-state index in [0.717, 1.165) is 18.7 Å². The highest BCUT2D eigenvalue weighted by molar-refractivity contribution is 6.31. The third-order valence-corrected chi connectivity index (χ3v) is 3.75. The highest BCUT2D eigenvalue weighted by atomic mass is 35.5. The van der Waals surface area contributed by atoms with E-state index in [1.807, 2.05) is 31.2 Å². The maximum atomic E-state index is 12.1. The van der Waals surface area contributed by atoms with Crippen molar-refractivity contribution in [3.05, 3.63) is 34.9 Å². The molecule has 4 nitrogen and oxygen atoms in total. The fraction of sp³-hybridized carbons (Fsp3) is 0.500. The molecule has 1 amide bonds. The summed E-state index contributed by atoms with van der Waals surface area (Å²) in [6, 6.07) is 7.41. The molecule has 0 spiro atoms. The minimum absolute atomic E-state index is 0.0295. The summed E-state index contributed by atoms with van der Waals surface area (Å²) in [5, 5.41) is 3.61. The van der Waals surface area contributed by atoms with Crippen LogP contribution in [0.3, 0.4) is 0 Å². The molecule has 0 aromatic heterocycles. The second-order valence-corrected chi connectivity index (χ2v) is 5.04. The topological polar surface area (TPSA) is 41.6 Å². The Morgan fingerprint density at radius 2 is 2.11 bits per heavy atom. The first-order valence-electron chi connectivity index (χ1n) is 6.51. The summed E-state index contributed by atoms with van der Waals surface area (Å²) in [7, 11) is 0. The minimum Gasteiger partial charge on any atom is -0.379 e. The Balaban J connectivity index is 1.85. The van der Waals surface area contributed by atoms with Gasteiger partial charge in [-0.2, -0.15) is 0 Å². The molecule has 0 saturated carbocycles. The van der Waals surface area contributed by atoms with Crippen LogP contribution in [0.2, 0.25) is 5.02 Å². The summed E-state index contributed by atoms with van der Waals surface area (Å²) >= 11 is 6.06. The lowest BCUT2D eigenvalue weighted by Gasteiger charge is -2.31. The second kappa shape index (κ2) is 6.89. The zero-order chi connectivity index (χ0) is 13.7. The van der Waals surface area contributed by atoms with Gasteiger partial charge in [0, 0.05) is 24.7 Å². The number of hydrogen-bond donors (Lipinski definition) is 1. The van der Waals surface area contributed by atoms with Crippen LogP contribution in [-0.4, -0.2) is 43.2 Å². The molecule has 2 rings (SSSR count). The number of halogens is 1. The van der Waals surface area contributed by atoms with E-state index in [1.54, 1.807) is 0 Å². The quantitative estimate of drug-likeness (QED) is 0.914. The highest BCUT2D eigenvalue weighted by Crippen LogP contribution is 2.14. The van der Waals surface area contributed by atoms with Crippen molar-refractivity contribution in [1.29, 1.82) is 0 Å². The van der Waals surface area contributed by atoms with Crippen LogP contribution in [0.5, 0.6) is 0 Å². The molecular weight excluding hydrogens is 264 g/mol. The number of carbonyl (C=O) groups is 1. The normalized spacial score (nSPS) is 18.0. The van der Waals surface area contributed by atoms with Gasteiger partial charge in [-0.15, -0.1) is 0 Å². The lowest BCUT2D eigenvalue weighted by Crippen LogP contribution is -2.49. The average Bonchev–Trinajstić information content (AvgIpc) is 2.46. The van der Waals surface area contributed by atoms with Gasteiger partial charge in [-0.1, -0.05) is 29.8 Å².